The molecule has 3 aromatic rings. The lowest BCUT2D eigenvalue weighted by atomic mass is 9.80. The van der Waals surface area contributed by atoms with Crippen molar-refractivity contribution < 1.29 is 13.9 Å². The lowest BCUT2D eigenvalue weighted by molar-refractivity contribution is 0.0658. The highest BCUT2D eigenvalue weighted by Gasteiger charge is 2.43. The molecule has 0 aliphatic carbocycles. The Morgan fingerprint density at radius 3 is 2.67 bits per heavy atom. The number of hydrogen-bond donors (Lipinski definition) is 4. The average Bonchev–Trinajstić information content (AvgIpc) is 3.04. The molecule has 0 radical (unpaired) electrons. The van der Waals surface area contributed by atoms with Gasteiger partial charge < -0.3 is 20.7 Å². The molecule has 2 aromatic carbocycles. The third-order valence-corrected chi connectivity index (χ3v) is 6.02. The zero-order chi connectivity index (χ0) is 21.8. The molecule has 0 saturated heterocycles. The van der Waals surface area contributed by atoms with Gasteiger partial charge >= 0.3 is 0 Å². The highest BCUT2D eigenvalue weighted by Crippen LogP contribution is 2.44. The van der Waals surface area contributed by atoms with Crippen LogP contribution in [0, 0.1) is 24.5 Å². The van der Waals surface area contributed by atoms with E-state index in [1.165, 1.54) is 6.07 Å². The van der Waals surface area contributed by atoms with Gasteiger partial charge in [0, 0.05) is 28.4 Å². The van der Waals surface area contributed by atoms with E-state index in [1.807, 2.05) is 52.9 Å². The van der Waals surface area contributed by atoms with Crippen LogP contribution in [0.15, 0.2) is 30.5 Å². The van der Waals surface area contributed by atoms with Crippen LogP contribution in [0.25, 0.3) is 22.0 Å². The first-order chi connectivity index (χ1) is 14.1. The molecule has 4 rings (SSSR count). The minimum Gasteiger partial charge on any atom is -0.389 e. The zero-order valence-electron chi connectivity index (χ0n) is 18.0. The topological polar surface area (TPSA) is 60.1 Å². The van der Waals surface area contributed by atoms with Gasteiger partial charge in [0.2, 0.25) is 0 Å². The molecule has 4 N–H and O–H groups in total. The van der Waals surface area contributed by atoms with Gasteiger partial charge in [0.1, 0.15) is 11.6 Å². The van der Waals surface area contributed by atoms with Gasteiger partial charge in [-0.25, -0.2) is 8.78 Å². The van der Waals surface area contributed by atoms with Crippen molar-refractivity contribution >= 4 is 16.6 Å². The summed E-state index contributed by atoms with van der Waals surface area (Å²) in [5.74, 6) is -0.960. The second-order valence-electron chi connectivity index (χ2n) is 9.28. The highest BCUT2D eigenvalue weighted by molar-refractivity contribution is 5.96. The second kappa shape index (κ2) is 7.36. The van der Waals surface area contributed by atoms with E-state index >= 15 is 8.78 Å². The summed E-state index contributed by atoms with van der Waals surface area (Å²) in [6, 6.07) is 6.16. The summed E-state index contributed by atoms with van der Waals surface area (Å²) < 4.78 is 31.3. The van der Waals surface area contributed by atoms with E-state index in [0.29, 0.717) is 29.2 Å². The number of rotatable bonds is 4. The third-order valence-electron chi connectivity index (χ3n) is 6.02. The fourth-order valence-electron chi connectivity index (χ4n) is 4.36. The number of aliphatic hydroxyl groups is 1. The molecule has 1 aromatic heterocycles. The van der Waals surface area contributed by atoms with E-state index in [0.717, 1.165) is 10.9 Å². The predicted octanol–water partition coefficient (Wildman–Crippen LogP) is 5.27. The summed E-state index contributed by atoms with van der Waals surface area (Å²) in [6.45, 7) is 10.3. The zero-order valence-corrected chi connectivity index (χ0v) is 18.0. The number of aliphatic hydroxyl groups excluding tert-OH is 1. The number of aromatic amines is 1. The van der Waals surface area contributed by atoms with Gasteiger partial charge in [-0.2, -0.15) is 0 Å². The van der Waals surface area contributed by atoms with Gasteiger partial charge in [0.05, 0.1) is 28.8 Å². The molecule has 4 nitrogen and oxygen atoms in total. The minimum absolute atomic E-state index is 0.0775. The molecule has 30 heavy (non-hydrogen) atoms. The lowest BCUT2D eigenvalue weighted by Gasteiger charge is -2.44. The fraction of sp³-hybridized carbons (Fsp3) is 0.417. The van der Waals surface area contributed by atoms with E-state index in [4.69, 9.17) is 0 Å². The Hall–Kier alpha value is -2.44. The Morgan fingerprint density at radius 2 is 1.97 bits per heavy atom. The number of H-pyrrole nitrogens is 1. The minimum atomic E-state index is -0.889. The molecule has 0 saturated carbocycles. The van der Waals surface area contributed by atoms with Crippen LogP contribution >= 0.6 is 0 Å². The van der Waals surface area contributed by atoms with Gasteiger partial charge in [-0.15, -0.1) is 0 Å². The molecule has 0 fully saturated rings. The Morgan fingerprint density at radius 1 is 1.23 bits per heavy atom. The largest absolute Gasteiger partial charge is 0.389 e. The summed E-state index contributed by atoms with van der Waals surface area (Å²) in [4.78, 5) is 3.15. The average molecular weight is 414 g/mol. The molecule has 0 bridgehead atoms. The van der Waals surface area contributed by atoms with Crippen LogP contribution in [0.4, 0.5) is 14.5 Å². The van der Waals surface area contributed by atoms with Crippen LogP contribution in [-0.4, -0.2) is 28.3 Å². The Kier molecular flexibility index (Phi) is 5.11. The second-order valence-corrected chi connectivity index (χ2v) is 9.28. The Bertz CT molecular complexity index is 1100. The van der Waals surface area contributed by atoms with Crippen LogP contribution in [0.5, 0.6) is 0 Å². The molecule has 1 aliphatic rings. The number of aromatic nitrogens is 1. The molecule has 2 heterocycles. The SMILES string of the molecule is Cc1c[nH]c2c(-c3c(F)cc4c(c3F)[C@@H](NCC(C)C)[C@H](O)C(C)(C)N4)cccc12. The Labute approximate surface area is 175 Å². The van der Waals surface area contributed by atoms with Gasteiger partial charge in [0.25, 0.3) is 0 Å². The van der Waals surface area contributed by atoms with Crippen LogP contribution < -0.4 is 10.6 Å². The van der Waals surface area contributed by atoms with E-state index in [9.17, 15) is 5.11 Å². The highest BCUT2D eigenvalue weighted by atomic mass is 19.1. The molecular formula is C24H29F2N3O. The number of anilines is 1. The molecule has 160 valence electrons. The van der Waals surface area contributed by atoms with Crippen molar-refractivity contribution in [2.45, 2.75) is 52.3 Å². The van der Waals surface area contributed by atoms with Gasteiger partial charge in [-0.3, -0.25) is 0 Å². The predicted molar refractivity (Wildman–Crippen MR) is 118 cm³/mol. The van der Waals surface area contributed by atoms with Gasteiger partial charge in [0.15, 0.2) is 0 Å². The monoisotopic (exact) mass is 413 g/mol. The number of para-hydroxylation sites is 1. The standard InChI is InChI=1S/C24H29F2N3O/c1-12(2)10-27-22-19-17(29-24(4,5)23(22)30)9-16(25)18(20(19)26)15-8-6-7-14-13(3)11-28-21(14)15/h6-9,11-12,22-23,27-30H,10H2,1-5H3/t22-,23+/m1/s1. The quantitative estimate of drug-likeness (QED) is 0.471. The van der Waals surface area contributed by atoms with E-state index in [2.05, 4.69) is 15.6 Å². The van der Waals surface area contributed by atoms with Crippen molar-refractivity contribution in [1.82, 2.24) is 10.3 Å². The molecule has 6 heteroatoms. The van der Waals surface area contributed by atoms with Crippen LogP contribution in [0.2, 0.25) is 0 Å². The number of nitrogens with one attached hydrogen (secondary N) is 3. The molecule has 0 spiro atoms. The Balaban J connectivity index is 1.94. The lowest BCUT2D eigenvalue weighted by Crippen LogP contribution is -2.54. The third kappa shape index (κ3) is 3.28. The van der Waals surface area contributed by atoms with Crippen LogP contribution in [0.3, 0.4) is 0 Å². The van der Waals surface area contributed by atoms with E-state index < -0.39 is 29.3 Å². The summed E-state index contributed by atoms with van der Waals surface area (Å²) in [7, 11) is 0. The maximum absolute atomic E-state index is 16.0. The molecular weight excluding hydrogens is 384 g/mol. The smallest absolute Gasteiger partial charge is 0.140 e. The summed E-state index contributed by atoms with van der Waals surface area (Å²) in [5, 5.41) is 18.4. The normalized spacial score (nSPS) is 20.4. The summed E-state index contributed by atoms with van der Waals surface area (Å²) in [5.41, 5.74) is 2.02. The first kappa shape index (κ1) is 20.8. The van der Waals surface area contributed by atoms with Crippen LogP contribution in [0.1, 0.15) is 44.9 Å². The van der Waals surface area contributed by atoms with Crippen molar-refractivity contribution in [1.29, 1.82) is 0 Å². The van der Waals surface area contributed by atoms with E-state index in [-0.39, 0.29) is 11.1 Å². The van der Waals surface area contributed by atoms with Crippen molar-refractivity contribution in [2.24, 2.45) is 5.92 Å². The first-order valence-corrected chi connectivity index (χ1v) is 10.4. The fourth-order valence-corrected chi connectivity index (χ4v) is 4.36. The van der Waals surface area contributed by atoms with E-state index in [1.54, 1.807) is 6.07 Å². The van der Waals surface area contributed by atoms with Crippen molar-refractivity contribution in [3.8, 4) is 11.1 Å². The number of hydrogen-bond acceptors (Lipinski definition) is 3. The maximum Gasteiger partial charge on any atom is 0.140 e. The first-order valence-electron chi connectivity index (χ1n) is 10.4. The molecule has 0 unspecified atom stereocenters. The number of benzene rings is 2. The molecule has 1 aliphatic heterocycles. The summed E-state index contributed by atoms with van der Waals surface area (Å²) in [6.07, 6.45) is 0.948. The summed E-state index contributed by atoms with van der Waals surface area (Å²) >= 11 is 0. The molecule has 2 atom stereocenters. The number of aryl methyl sites for hydroxylation is 1. The van der Waals surface area contributed by atoms with Crippen molar-refractivity contribution in [2.75, 3.05) is 11.9 Å². The maximum atomic E-state index is 16.0. The number of fused-ring (bicyclic) bond motifs is 2. The van der Waals surface area contributed by atoms with Gasteiger partial charge in [-0.05, 0) is 44.9 Å². The van der Waals surface area contributed by atoms with Crippen LogP contribution in [-0.2, 0) is 0 Å². The van der Waals surface area contributed by atoms with Crippen molar-refractivity contribution in [3.05, 3.63) is 53.2 Å². The van der Waals surface area contributed by atoms with Crippen molar-refractivity contribution in [3.63, 3.8) is 0 Å². The van der Waals surface area contributed by atoms with Gasteiger partial charge in [-0.1, -0.05) is 32.0 Å². The number of halogens is 2. The molecule has 0 amide bonds.